The molecule has 0 aliphatic heterocycles. The molecule has 0 aliphatic carbocycles. The zero-order valence-corrected chi connectivity index (χ0v) is 11.3. The number of rotatable bonds is 6. The molecule has 1 aromatic rings. The first-order chi connectivity index (χ1) is 9.08. The van der Waals surface area contributed by atoms with Crippen molar-refractivity contribution in [1.82, 2.24) is 4.90 Å². The minimum Gasteiger partial charge on any atom is -0.469 e. The molecule has 0 spiro atoms. The highest BCUT2D eigenvalue weighted by Gasteiger charge is 2.21. The van der Waals surface area contributed by atoms with Crippen molar-refractivity contribution in [3.05, 3.63) is 35.9 Å². The maximum atomic E-state index is 11.9. The average Bonchev–Trinajstić information content (AvgIpc) is 2.44. The van der Waals surface area contributed by atoms with E-state index in [9.17, 15) is 9.59 Å². The number of methoxy groups -OCH3 is 1. The van der Waals surface area contributed by atoms with E-state index in [-0.39, 0.29) is 30.9 Å². The van der Waals surface area contributed by atoms with E-state index in [1.54, 1.807) is 4.90 Å². The molecule has 0 bridgehead atoms. The van der Waals surface area contributed by atoms with Gasteiger partial charge in [-0.25, -0.2) is 0 Å². The third kappa shape index (κ3) is 4.71. The van der Waals surface area contributed by atoms with Crippen LogP contribution in [0, 0.1) is 0 Å². The molecule has 0 saturated carbocycles. The van der Waals surface area contributed by atoms with Crippen LogP contribution in [0.1, 0.15) is 18.9 Å². The molecule has 0 radical (unpaired) electrons. The van der Waals surface area contributed by atoms with E-state index in [1.807, 2.05) is 37.3 Å². The van der Waals surface area contributed by atoms with E-state index in [0.29, 0.717) is 6.54 Å². The van der Waals surface area contributed by atoms with E-state index < -0.39 is 0 Å². The molecule has 0 aliphatic rings. The highest BCUT2D eigenvalue weighted by atomic mass is 16.5. The quantitative estimate of drug-likeness (QED) is 0.776. The first-order valence-corrected chi connectivity index (χ1v) is 6.18. The molecule has 19 heavy (non-hydrogen) atoms. The standard InChI is InChI=1S/C14H20N2O3/c1-11(8-14(18)19-2)16(13(17)9-15)10-12-6-4-3-5-7-12/h3-7,11H,8-10,15H2,1-2H3/t11-/m1/s1. The van der Waals surface area contributed by atoms with Crippen LogP contribution >= 0.6 is 0 Å². The van der Waals surface area contributed by atoms with Gasteiger partial charge in [-0.15, -0.1) is 0 Å². The Balaban J connectivity index is 2.77. The van der Waals surface area contributed by atoms with E-state index in [2.05, 4.69) is 4.74 Å². The van der Waals surface area contributed by atoms with Gasteiger partial charge < -0.3 is 15.4 Å². The van der Waals surface area contributed by atoms with Gasteiger partial charge in [0.1, 0.15) is 0 Å². The number of amides is 1. The molecule has 1 aromatic carbocycles. The van der Waals surface area contributed by atoms with E-state index >= 15 is 0 Å². The minimum atomic E-state index is -0.338. The molecule has 1 amide bonds. The van der Waals surface area contributed by atoms with Gasteiger partial charge in [-0.1, -0.05) is 30.3 Å². The van der Waals surface area contributed by atoms with Crippen molar-refractivity contribution in [3.63, 3.8) is 0 Å². The van der Waals surface area contributed by atoms with Gasteiger partial charge in [-0.3, -0.25) is 9.59 Å². The Morgan fingerprint density at radius 1 is 1.32 bits per heavy atom. The number of esters is 1. The van der Waals surface area contributed by atoms with Gasteiger partial charge in [-0.05, 0) is 12.5 Å². The first-order valence-electron chi connectivity index (χ1n) is 6.18. The summed E-state index contributed by atoms with van der Waals surface area (Å²) in [6, 6.07) is 9.35. The maximum Gasteiger partial charge on any atom is 0.307 e. The number of nitrogens with two attached hydrogens (primary N) is 1. The Morgan fingerprint density at radius 2 is 1.95 bits per heavy atom. The zero-order chi connectivity index (χ0) is 14.3. The van der Waals surface area contributed by atoms with Crippen LogP contribution < -0.4 is 5.73 Å². The summed E-state index contributed by atoms with van der Waals surface area (Å²) in [7, 11) is 1.33. The van der Waals surface area contributed by atoms with Crippen molar-refractivity contribution < 1.29 is 14.3 Å². The molecule has 0 unspecified atom stereocenters. The SMILES string of the molecule is COC(=O)C[C@@H](C)N(Cc1ccccc1)C(=O)CN. The number of nitrogens with zero attached hydrogens (tertiary/aromatic N) is 1. The fraction of sp³-hybridized carbons (Fsp3) is 0.429. The predicted octanol–water partition coefficient (Wildman–Crippen LogP) is 0.925. The third-order valence-electron chi connectivity index (χ3n) is 2.91. The topological polar surface area (TPSA) is 72.6 Å². The van der Waals surface area contributed by atoms with Crippen molar-refractivity contribution in [2.24, 2.45) is 5.73 Å². The van der Waals surface area contributed by atoms with Crippen molar-refractivity contribution >= 4 is 11.9 Å². The lowest BCUT2D eigenvalue weighted by Gasteiger charge is -2.28. The number of ether oxygens (including phenoxy) is 1. The summed E-state index contributed by atoms with van der Waals surface area (Å²) in [6.07, 6.45) is 0.162. The molecule has 1 atom stereocenters. The number of hydrogen-bond acceptors (Lipinski definition) is 4. The number of carbonyl (C=O) groups is 2. The molecule has 5 heteroatoms. The smallest absolute Gasteiger partial charge is 0.307 e. The van der Waals surface area contributed by atoms with Gasteiger partial charge in [0.05, 0.1) is 20.1 Å². The molecule has 0 heterocycles. The van der Waals surface area contributed by atoms with E-state index in [0.717, 1.165) is 5.56 Å². The monoisotopic (exact) mass is 264 g/mol. The van der Waals surface area contributed by atoms with Gasteiger partial charge in [0, 0.05) is 12.6 Å². The van der Waals surface area contributed by atoms with Gasteiger partial charge in [0.15, 0.2) is 0 Å². The summed E-state index contributed by atoms with van der Waals surface area (Å²) >= 11 is 0. The van der Waals surface area contributed by atoms with Crippen molar-refractivity contribution in [3.8, 4) is 0 Å². The second kappa shape index (κ2) is 7.53. The Labute approximate surface area is 113 Å². The molecule has 104 valence electrons. The van der Waals surface area contributed by atoms with Crippen molar-refractivity contribution in [2.75, 3.05) is 13.7 Å². The summed E-state index contributed by atoms with van der Waals surface area (Å²) in [4.78, 5) is 24.8. The normalized spacial score (nSPS) is 11.7. The number of hydrogen-bond donors (Lipinski definition) is 1. The third-order valence-corrected chi connectivity index (χ3v) is 2.91. The highest BCUT2D eigenvalue weighted by molar-refractivity contribution is 5.79. The zero-order valence-electron chi connectivity index (χ0n) is 11.3. The Morgan fingerprint density at radius 3 is 2.47 bits per heavy atom. The van der Waals surface area contributed by atoms with Crippen LogP contribution in [0.3, 0.4) is 0 Å². The summed E-state index contributed by atoms with van der Waals surface area (Å²) in [5, 5.41) is 0. The van der Waals surface area contributed by atoms with Crippen LogP contribution in [0.15, 0.2) is 30.3 Å². The lowest BCUT2D eigenvalue weighted by Crippen LogP contribution is -2.42. The molecule has 5 nitrogen and oxygen atoms in total. The number of carbonyl (C=O) groups excluding carboxylic acids is 2. The molecular formula is C14H20N2O3. The molecule has 0 saturated heterocycles. The Bertz CT molecular complexity index is 420. The summed E-state index contributed by atoms with van der Waals surface area (Å²) < 4.78 is 4.63. The molecular weight excluding hydrogens is 244 g/mol. The maximum absolute atomic E-state index is 11.9. The van der Waals surface area contributed by atoms with Crippen LogP contribution in [0.4, 0.5) is 0 Å². The molecule has 0 fully saturated rings. The van der Waals surface area contributed by atoms with Crippen LogP contribution in [-0.2, 0) is 20.9 Å². The molecule has 1 rings (SSSR count). The summed E-state index contributed by atoms with van der Waals surface area (Å²) in [5.41, 5.74) is 6.42. The lowest BCUT2D eigenvalue weighted by molar-refractivity contribution is -0.143. The largest absolute Gasteiger partial charge is 0.469 e. The van der Waals surface area contributed by atoms with Gasteiger partial charge in [0.25, 0.3) is 0 Å². The van der Waals surface area contributed by atoms with E-state index in [1.165, 1.54) is 7.11 Å². The summed E-state index contributed by atoms with van der Waals surface area (Å²) in [6.45, 7) is 2.18. The second-order valence-corrected chi connectivity index (χ2v) is 4.34. The predicted molar refractivity (Wildman–Crippen MR) is 72.1 cm³/mol. The molecule has 2 N–H and O–H groups in total. The second-order valence-electron chi connectivity index (χ2n) is 4.34. The van der Waals surface area contributed by atoms with Crippen molar-refractivity contribution in [2.45, 2.75) is 25.9 Å². The van der Waals surface area contributed by atoms with Crippen LogP contribution in [0.25, 0.3) is 0 Å². The van der Waals surface area contributed by atoms with Crippen LogP contribution in [-0.4, -0.2) is 36.5 Å². The first kappa shape index (κ1) is 15.2. The highest BCUT2D eigenvalue weighted by Crippen LogP contribution is 2.11. The van der Waals surface area contributed by atoms with Gasteiger partial charge >= 0.3 is 5.97 Å². The molecule has 0 aromatic heterocycles. The minimum absolute atomic E-state index is 0.0711. The van der Waals surface area contributed by atoms with Gasteiger partial charge in [0.2, 0.25) is 5.91 Å². The van der Waals surface area contributed by atoms with E-state index in [4.69, 9.17) is 5.73 Å². The number of benzene rings is 1. The average molecular weight is 264 g/mol. The fourth-order valence-electron chi connectivity index (χ4n) is 1.82. The Hall–Kier alpha value is -1.88. The Kier molecular flexibility index (Phi) is 6.02. The fourth-order valence-corrected chi connectivity index (χ4v) is 1.82. The van der Waals surface area contributed by atoms with Crippen molar-refractivity contribution in [1.29, 1.82) is 0 Å². The van der Waals surface area contributed by atoms with Gasteiger partial charge in [-0.2, -0.15) is 0 Å². The van der Waals surface area contributed by atoms with Crippen LogP contribution in [0.2, 0.25) is 0 Å². The van der Waals surface area contributed by atoms with Crippen LogP contribution in [0.5, 0.6) is 0 Å². The summed E-state index contributed by atoms with van der Waals surface area (Å²) in [5.74, 6) is -0.518. The lowest BCUT2D eigenvalue weighted by atomic mass is 10.1.